The lowest BCUT2D eigenvalue weighted by Crippen LogP contribution is -2.06. The highest BCUT2D eigenvalue weighted by molar-refractivity contribution is 7.25. The van der Waals surface area contributed by atoms with Crippen LogP contribution in [0.2, 0.25) is 0 Å². The number of aromatic nitrogens is 4. The van der Waals surface area contributed by atoms with Gasteiger partial charge in [0.25, 0.3) is 0 Å². The van der Waals surface area contributed by atoms with Crippen LogP contribution in [0, 0.1) is 0 Å². The van der Waals surface area contributed by atoms with Crippen LogP contribution in [0.3, 0.4) is 0 Å². The summed E-state index contributed by atoms with van der Waals surface area (Å²) in [5, 5.41) is 4.72. The SMILES string of the molecule is c1ccc(-c2ccc3c4ccccc4n(-c4nc(-c5ccccc5)nc(-c5cccc6sc7ccccc7c56)n4)c3c2)cc1. The van der Waals surface area contributed by atoms with Crippen molar-refractivity contribution in [3.05, 3.63) is 146 Å². The number of rotatable bonds is 4. The highest BCUT2D eigenvalue weighted by Gasteiger charge is 2.20. The molecule has 9 rings (SSSR count). The molecule has 9 aromatic rings. The molecule has 6 aromatic carbocycles. The monoisotopic (exact) mass is 580 g/mol. The van der Waals surface area contributed by atoms with Gasteiger partial charge in [0.05, 0.1) is 11.0 Å². The Morgan fingerprint density at radius 3 is 1.93 bits per heavy atom. The third-order valence-corrected chi connectivity index (χ3v) is 9.42. The van der Waals surface area contributed by atoms with Gasteiger partial charge in [0.2, 0.25) is 5.95 Å². The van der Waals surface area contributed by atoms with E-state index in [-0.39, 0.29) is 0 Å². The molecule has 0 aliphatic heterocycles. The van der Waals surface area contributed by atoms with E-state index in [0.717, 1.165) is 38.5 Å². The maximum atomic E-state index is 5.26. The Hall–Kier alpha value is -5.65. The fraction of sp³-hybridized carbons (Fsp3) is 0. The number of thiophene rings is 1. The standard InChI is InChI=1S/C39H24N4S/c1-3-12-25(13-4-1)27-22-23-29-28-16-7-9-19-32(28)43(33(29)24-27)39-41-37(26-14-5-2-6-15-26)40-38(42-39)31-18-11-21-35-36(31)30-17-8-10-20-34(30)44-35/h1-24H. The van der Waals surface area contributed by atoms with Gasteiger partial charge >= 0.3 is 0 Å². The maximum Gasteiger partial charge on any atom is 0.238 e. The summed E-state index contributed by atoms with van der Waals surface area (Å²) in [6, 6.07) is 50.8. The van der Waals surface area contributed by atoms with Gasteiger partial charge in [0.15, 0.2) is 11.6 Å². The molecule has 44 heavy (non-hydrogen) atoms. The van der Waals surface area contributed by atoms with Gasteiger partial charge in [-0.2, -0.15) is 9.97 Å². The summed E-state index contributed by atoms with van der Waals surface area (Å²) in [5.74, 6) is 1.90. The fourth-order valence-electron chi connectivity index (χ4n) is 6.26. The van der Waals surface area contributed by atoms with Crippen molar-refractivity contribution in [3.63, 3.8) is 0 Å². The topological polar surface area (TPSA) is 43.6 Å². The zero-order valence-corrected chi connectivity index (χ0v) is 24.4. The van der Waals surface area contributed by atoms with Gasteiger partial charge in [0.1, 0.15) is 0 Å². The van der Waals surface area contributed by atoms with Crippen molar-refractivity contribution in [2.75, 3.05) is 0 Å². The van der Waals surface area contributed by atoms with Gasteiger partial charge < -0.3 is 0 Å². The zero-order chi connectivity index (χ0) is 29.0. The lowest BCUT2D eigenvalue weighted by Gasteiger charge is -2.12. The van der Waals surface area contributed by atoms with Gasteiger partial charge in [-0.3, -0.25) is 4.57 Å². The van der Waals surface area contributed by atoms with E-state index in [4.69, 9.17) is 15.0 Å². The molecule has 0 bridgehead atoms. The highest BCUT2D eigenvalue weighted by atomic mass is 32.1. The predicted molar refractivity (Wildman–Crippen MR) is 183 cm³/mol. The number of hydrogen-bond donors (Lipinski definition) is 0. The van der Waals surface area contributed by atoms with Gasteiger partial charge in [0, 0.05) is 42.1 Å². The molecule has 0 aliphatic carbocycles. The smallest absolute Gasteiger partial charge is 0.238 e. The number of nitrogens with zero attached hydrogens (tertiary/aromatic N) is 4. The van der Waals surface area contributed by atoms with Gasteiger partial charge in [-0.25, -0.2) is 4.98 Å². The molecule has 0 N–H and O–H groups in total. The Kier molecular flexibility index (Phi) is 5.64. The van der Waals surface area contributed by atoms with Crippen molar-refractivity contribution in [1.82, 2.24) is 19.5 Å². The Labute approximate surface area is 257 Å². The molecule has 3 aromatic heterocycles. The second-order valence-electron chi connectivity index (χ2n) is 10.9. The summed E-state index contributed by atoms with van der Waals surface area (Å²) in [6.45, 7) is 0. The van der Waals surface area contributed by atoms with Gasteiger partial charge in [-0.15, -0.1) is 11.3 Å². The van der Waals surface area contributed by atoms with E-state index in [0.29, 0.717) is 17.6 Å². The molecule has 206 valence electrons. The molecule has 0 aliphatic rings. The molecule has 0 amide bonds. The van der Waals surface area contributed by atoms with E-state index >= 15 is 0 Å². The summed E-state index contributed by atoms with van der Waals surface area (Å²) in [7, 11) is 0. The summed E-state index contributed by atoms with van der Waals surface area (Å²) in [5.41, 5.74) is 6.39. The second-order valence-corrected chi connectivity index (χ2v) is 12.0. The average Bonchev–Trinajstić information content (AvgIpc) is 3.64. The van der Waals surface area contributed by atoms with E-state index < -0.39 is 0 Å². The molecular weight excluding hydrogens is 557 g/mol. The lowest BCUT2D eigenvalue weighted by molar-refractivity contribution is 0.954. The molecular formula is C39H24N4S. The minimum absolute atomic E-state index is 0.599. The summed E-state index contributed by atoms with van der Waals surface area (Å²) in [6.07, 6.45) is 0. The molecule has 5 heteroatoms. The number of para-hydroxylation sites is 1. The molecule has 0 radical (unpaired) electrons. The molecule has 0 unspecified atom stereocenters. The Morgan fingerprint density at radius 1 is 0.432 bits per heavy atom. The predicted octanol–water partition coefficient (Wildman–Crippen LogP) is 10.3. The number of hydrogen-bond acceptors (Lipinski definition) is 4. The van der Waals surface area contributed by atoms with Crippen molar-refractivity contribution >= 4 is 53.3 Å². The largest absolute Gasteiger partial charge is 0.278 e. The molecule has 0 atom stereocenters. The minimum Gasteiger partial charge on any atom is -0.278 e. The summed E-state index contributed by atoms with van der Waals surface area (Å²) in [4.78, 5) is 15.5. The molecule has 0 spiro atoms. The van der Waals surface area contributed by atoms with Gasteiger partial charge in [-0.1, -0.05) is 121 Å². The first kappa shape index (κ1) is 24.9. The van der Waals surface area contributed by atoms with Crippen LogP contribution in [0.1, 0.15) is 0 Å². The van der Waals surface area contributed by atoms with E-state index in [1.165, 1.54) is 25.7 Å². The number of fused-ring (bicyclic) bond motifs is 6. The van der Waals surface area contributed by atoms with Crippen LogP contribution >= 0.6 is 11.3 Å². The van der Waals surface area contributed by atoms with E-state index in [9.17, 15) is 0 Å². The van der Waals surface area contributed by atoms with Crippen LogP contribution < -0.4 is 0 Å². The average molecular weight is 581 g/mol. The zero-order valence-electron chi connectivity index (χ0n) is 23.6. The number of benzene rings is 6. The summed E-state index contributed by atoms with van der Waals surface area (Å²) >= 11 is 1.80. The highest BCUT2D eigenvalue weighted by Crippen LogP contribution is 2.40. The normalized spacial score (nSPS) is 11.6. The van der Waals surface area contributed by atoms with Crippen LogP contribution in [-0.2, 0) is 0 Å². The second kappa shape index (κ2) is 9.97. The first-order valence-electron chi connectivity index (χ1n) is 14.6. The Balaban J connectivity index is 1.37. The fourth-order valence-corrected chi connectivity index (χ4v) is 7.39. The Bertz CT molecular complexity index is 2490. The van der Waals surface area contributed by atoms with Crippen molar-refractivity contribution in [3.8, 4) is 39.9 Å². The summed E-state index contributed by atoms with van der Waals surface area (Å²) < 4.78 is 4.67. The lowest BCUT2D eigenvalue weighted by atomic mass is 10.0. The molecule has 3 heterocycles. The van der Waals surface area contributed by atoms with E-state index in [2.05, 4.69) is 126 Å². The van der Waals surface area contributed by atoms with Crippen LogP contribution in [-0.4, -0.2) is 19.5 Å². The van der Waals surface area contributed by atoms with Crippen molar-refractivity contribution in [2.45, 2.75) is 0 Å². The molecule has 4 nitrogen and oxygen atoms in total. The first-order valence-corrected chi connectivity index (χ1v) is 15.4. The van der Waals surface area contributed by atoms with Crippen molar-refractivity contribution < 1.29 is 0 Å². The molecule has 0 fully saturated rings. The minimum atomic E-state index is 0.599. The quantitative estimate of drug-likeness (QED) is 0.208. The Morgan fingerprint density at radius 2 is 1.09 bits per heavy atom. The molecule has 0 saturated carbocycles. The van der Waals surface area contributed by atoms with E-state index in [1.54, 1.807) is 11.3 Å². The molecule has 0 saturated heterocycles. The van der Waals surface area contributed by atoms with Crippen LogP contribution in [0.15, 0.2) is 146 Å². The van der Waals surface area contributed by atoms with E-state index in [1.807, 2.05) is 24.3 Å². The maximum absolute atomic E-state index is 5.26. The van der Waals surface area contributed by atoms with Crippen molar-refractivity contribution in [2.24, 2.45) is 0 Å². The first-order chi connectivity index (χ1) is 21.8. The van der Waals surface area contributed by atoms with Crippen LogP contribution in [0.4, 0.5) is 0 Å². The third kappa shape index (κ3) is 3.94. The third-order valence-electron chi connectivity index (χ3n) is 8.28. The van der Waals surface area contributed by atoms with Crippen LogP contribution in [0.25, 0.3) is 81.8 Å². The van der Waals surface area contributed by atoms with Crippen molar-refractivity contribution in [1.29, 1.82) is 0 Å². The van der Waals surface area contributed by atoms with Crippen LogP contribution in [0.5, 0.6) is 0 Å². The van der Waals surface area contributed by atoms with Gasteiger partial charge in [-0.05, 0) is 35.4 Å².